The van der Waals surface area contributed by atoms with E-state index < -0.39 is 0 Å². The van der Waals surface area contributed by atoms with Crippen molar-refractivity contribution in [2.24, 2.45) is 0 Å². The van der Waals surface area contributed by atoms with Gasteiger partial charge in [0.15, 0.2) is 0 Å². The van der Waals surface area contributed by atoms with Gasteiger partial charge in [-0.1, -0.05) is 24.6 Å². The van der Waals surface area contributed by atoms with Crippen LogP contribution in [0.25, 0.3) is 0 Å². The van der Waals surface area contributed by atoms with Crippen LogP contribution in [0.3, 0.4) is 0 Å². The van der Waals surface area contributed by atoms with E-state index in [1.165, 1.54) is 16.0 Å². The molecule has 0 bridgehead atoms. The van der Waals surface area contributed by atoms with Crippen LogP contribution in [0, 0.1) is 6.92 Å². The minimum Gasteiger partial charge on any atom is -0.347 e. The molecule has 2 amide bonds. The standard InChI is InChI=1S/C18H24N2O2S/c1-3-15(20-9-4-5-17(20)21)18(22)19-14-8-10-23-16-7-6-12(2)11-13(14)16/h6-7,11,14-15H,3-5,8-10H2,1-2H3,(H,19,22)/t14-,15+/m1/s1. The van der Waals surface area contributed by atoms with Crippen LogP contribution in [0.15, 0.2) is 23.1 Å². The lowest BCUT2D eigenvalue weighted by Gasteiger charge is -2.31. The largest absolute Gasteiger partial charge is 0.347 e. The number of hydrogen-bond donors (Lipinski definition) is 1. The molecule has 2 atom stereocenters. The summed E-state index contributed by atoms with van der Waals surface area (Å²) in [6, 6.07) is 6.18. The van der Waals surface area contributed by atoms with E-state index in [2.05, 4.69) is 30.4 Å². The summed E-state index contributed by atoms with van der Waals surface area (Å²) in [7, 11) is 0. The van der Waals surface area contributed by atoms with Crippen molar-refractivity contribution in [3.63, 3.8) is 0 Å². The van der Waals surface area contributed by atoms with E-state index in [1.807, 2.05) is 18.7 Å². The Hall–Kier alpha value is -1.49. The Kier molecular flexibility index (Phi) is 4.95. The van der Waals surface area contributed by atoms with Crippen LogP contribution < -0.4 is 5.32 Å². The first-order valence-corrected chi connectivity index (χ1v) is 9.42. The number of aryl methyl sites for hydroxylation is 1. The first kappa shape index (κ1) is 16.4. The van der Waals surface area contributed by atoms with E-state index in [1.54, 1.807) is 4.90 Å². The number of likely N-dealkylation sites (tertiary alicyclic amines) is 1. The van der Waals surface area contributed by atoms with Crippen LogP contribution in [0.4, 0.5) is 0 Å². The number of thioether (sulfide) groups is 1. The molecule has 1 saturated heterocycles. The molecule has 0 spiro atoms. The van der Waals surface area contributed by atoms with Crippen LogP contribution >= 0.6 is 11.8 Å². The molecule has 1 N–H and O–H groups in total. The van der Waals surface area contributed by atoms with Crippen molar-refractivity contribution in [1.29, 1.82) is 0 Å². The molecule has 2 aliphatic rings. The molecule has 0 saturated carbocycles. The number of carbonyl (C=O) groups is 2. The molecule has 0 unspecified atom stereocenters. The summed E-state index contributed by atoms with van der Waals surface area (Å²) >= 11 is 1.85. The molecule has 0 aromatic heterocycles. The highest BCUT2D eigenvalue weighted by Gasteiger charge is 2.33. The van der Waals surface area contributed by atoms with Crippen molar-refractivity contribution in [3.8, 4) is 0 Å². The number of rotatable bonds is 4. The molecule has 0 radical (unpaired) electrons. The Bertz CT molecular complexity index is 617. The molecule has 1 aromatic rings. The summed E-state index contributed by atoms with van der Waals surface area (Å²) in [6.45, 7) is 4.77. The minimum atomic E-state index is -0.326. The minimum absolute atomic E-state index is 0.00731. The van der Waals surface area contributed by atoms with Gasteiger partial charge < -0.3 is 10.2 Å². The summed E-state index contributed by atoms with van der Waals surface area (Å²) in [5.41, 5.74) is 2.43. The summed E-state index contributed by atoms with van der Waals surface area (Å²) in [6.07, 6.45) is 3.05. The molecule has 1 fully saturated rings. The average Bonchev–Trinajstić information content (AvgIpc) is 2.95. The fourth-order valence-corrected chi connectivity index (χ4v) is 4.58. The van der Waals surface area contributed by atoms with Crippen molar-refractivity contribution >= 4 is 23.6 Å². The molecular formula is C18H24N2O2S. The zero-order chi connectivity index (χ0) is 16.4. The van der Waals surface area contributed by atoms with Gasteiger partial charge in [-0.3, -0.25) is 9.59 Å². The van der Waals surface area contributed by atoms with Gasteiger partial charge in [0, 0.05) is 23.6 Å². The topological polar surface area (TPSA) is 49.4 Å². The predicted molar refractivity (Wildman–Crippen MR) is 92.4 cm³/mol. The number of fused-ring (bicyclic) bond motifs is 1. The number of benzene rings is 1. The summed E-state index contributed by atoms with van der Waals surface area (Å²) in [4.78, 5) is 27.7. The van der Waals surface area contributed by atoms with Crippen LogP contribution in [-0.2, 0) is 9.59 Å². The highest BCUT2D eigenvalue weighted by atomic mass is 32.2. The van der Waals surface area contributed by atoms with Crippen molar-refractivity contribution < 1.29 is 9.59 Å². The maximum Gasteiger partial charge on any atom is 0.243 e. The summed E-state index contributed by atoms with van der Waals surface area (Å²) in [5.74, 6) is 1.12. The molecule has 23 heavy (non-hydrogen) atoms. The maximum absolute atomic E-state index is 12.8. The van der Waals surface area contributed by atoms with Crippen LogP contribution in [0.1, 0.15) is 49.8 Å². The van der Waals surface area contributed by atoms with E-state index in [9.17, 15) is 9.59 Å². The van der Waals surface area contributed by atoms with Gasteiger partial charge >= 0.3 is 0 Å². The number of hydrogen-bond acceptors (Lipinski definition) is 3. The fraction of sp³-hybridized carbons (Fsp3) is 0.556. The SMILES string of the molecule is CC[C@@H](C(=O)N[C@@H]1CCSc2ccc(C)cc21)N1CCCC1=O. The second kappa shape index (κ2) is 6.95. The van der Waals surface area contributed by atoms with Gasteiger partial charge in [-0.25, -0.2) is 0 Å². The van der Waals surface area contributed by atoms with Crippen LogP contribution in [0.2, 0.25) is 0 Å². The lowest BCUT2D eigenvalue weighted by Crippen LogP contribution is -2.48. The second-order valence-electron chi connectivity index (χ2n) is 6.35. The Morgan fingerprint density at radius 2 is 2.30 bits per heavy atom. The zero-order valence-corrected chi connectivity index (χ0v) is 14.6. The highest BCUT2D eigenvalue weighted by molar-refractivity contribution is 7.99. The molecule has 2 heterocycles. The first-order chi connectivity index (χ1) is 11.1. The highest BCUT2D eigenvalue weighted by Crippen LogP contribution is 2.36. The predicted octanol–water partition coefficient (Wildman–Crippen LogP) is 3.05. The normalized spacial score (nSPS) is 21.9. The fourth-order valence-electron chi connectivity index (χ4n) is 3.48. The Labute approximate surface area is 142 Å². The lowest BCUT2D eigenvalue weighted by atomic mass is 10.0. The van der Waals surface area contributed by atoms with Gasteiger partial charge in [0.1, 0.15) is 6.04 Å². The second-order valence-corrected chi connectivity index (χ2v) is 7.49. The van der Waals surface area contributed by atoms with Crippen molar-refractivity contribution in [2.45, 2.75) is 56.5 Å². The third kappa shape index (κ3) is 3.39. The zero-order valence-electron chi connectivity index (χ0n) is 13.8. The number of nitrogens with one attached hydrogen (secondary N) is 1. The Balaban J connectivity index is 1.75. The quantitative estimate of drug-likeness (QED) is 0.922. The molecule has 3 rings (SSSR count). The number of nitrogens with zero attached hydrogens (tertiary/aromatic N) is 1. The van der Waals surface area contributed by atoms with Crippen molar-refractivity contribution in [3.05, 3.63) is 29.3 Å². The Morgan fingerprint density at radius 1 is 1.48 bits per heavy atom. The average molecular weight is 332 g/mol. The number of carbonyl (C=O) groups excluding carboxylic acids is 2. The first-order valence-electron chi connectivity index (χ1n) is 8.43. The van der Waals surface area contributed by atoms with E-state index in [-0.39, 0.29) is 23.9 Å². The van der Waals surface area contributed by atoms with E-state index in [4.69, 9.17) is 0 Å². The van der Waals surface area contributed by atoms with Gasteiger partial charge in [0.25, 0.3) is 0 Å². The van der Waals surface area contributed by atoms with Crippen LogP contribution in [-0.4, -0.2) is 35.1 Å². The molecular weight excluding hydrogens is 308 g/mol. The number of amides is 2. The molecule has 5 heteroatoms. The summed E-state index contributed by atoms with van der Waals surface area (Å²) in [5, 5.41) is 3.20. The molecule has 124 valence electrons. The van der Waals surface area contributed by atoms with E-state index in [0.717, 1.165) is 18.6 Å². The van der Waals surface area contributed by atoms with Crippen molar-refractivity contribution in [2.75, 3.05) is 12.3 Å². The monoisotopic (exact) mass is 332 g/mol. The van der Waals surface area contributed by atoms with E-state index >= 15 is 0 Å². The Morgan fingerprint density at radius 3 is 3.00 bits per heavy atom. The van der Waals surface area contributed by atoms with Crippen LogP contribution in [0.5, 0.6) is 0 Å². The molecule has 2 aliphatic heterocycles. The molecule has 4 nitrogen and oxygen atoms in total. The van der Waals surface area contributed by atoms with Gasteiger partial charge in [0.05, 0.1) is 6.04 Å². The molecule has 0 aliphatic carbocycles. The molecule has 1 aromatic carbocycles. The van der Waals surface area contributed by atoms with E-state index in [0.29, 0.717) is 19.4 Å². The summed E-state index contributed by atoms with van der Waals surface area (Å²) < 4.78 is 0. The smallest absolute Gasteiger partial charge is 0.243 e. The third-order valence-corrected chi connectivity index (χ3v) is 5.82. The van der Waals surface area contributed by atoms with Gasteiger partial charge in [-0.05, 0) is 37.8 Å². The third-order valence-electron chi connectivity index (χ3n) is 4.70. The maximum atomic E-state index is 12.8. The van der Waals surface area contributed by atoms with Gasteiger partial charge in [0.2, 0.25) is 11.8 Å². The van der Waals surface area contributed by atoms with Gasteiger partial charge in [-0.15, -0.1) is 11.8 Å². The lowest BCUT2D eigenvalue weighted by molar-refractivity contribution is -0.137. The van der Waals surface area contributed by atoms with Crippen molar-refractivity contribution in [1.82, 2.24) is 10.2 Å². The van der Waals surface area contributed by atoms with Gasteiger partial charge in [-0.2, -0.15) is 0 Å².